The molecule has 8 heteroatoms. The van der Waals surface area contributed by atoms with Gasteiger partial charge in [0.05, 0.1) is 29.1 Å². The second-order valence-corrected chi connectivity index (χ2v) is 9.00. The molecular formula is C20H19N3O4S. The fourth-order valence-corrected chi connectivity index (χ4v) is 5.66. The van der Waals surface area contributed by atoms with Crippen LogP contribution in [0.2, 0.25) is 0 Å². The Hall–Kier alpha value is -2.89. The van der Waals surface area contributed by atoms with Crippen LogP contribution in [0.3, 0.4) is 0 Å². The third-order valence-electron chi connectivity index (χ3n) is 5.63. The van der Waals surface area contributed by atoms with Gasteiger partial charge < -0.3 is 9.64 Å². The van der Waals surface area contributed by atoms with E-state index in [0.29, 0.717) is 12.2 Å². The van der Waals surface area contributed by atoms with Gasteiger partial charge in [-0.3, -0.25) is 4.79 Å². The number of sulfonamides is 1. The Bertz CT molecular complexity index is 1120. The first kappa shape index (κ1) is 18.5. The SMILES string of the molecule is COc1ccc2c(c1)C1(CCN(S(=O)(=O)c3cccc(C#N)c3)C1)C(=O)N2C. The Kier molecular flexibility index (Phi) is 4.17. The van der Waals surface area contributed by atoms with E-state index in [4.69, 9.17) is 10.00 Å². The molecule has 0 N–H and O–H groups in total. The number of hydrogen-bond donors (Lipinski definition) is 0. The Morgan fingerprint density at radius 1 is 1.21 bits per heavy atom. The van der Waals surface area contributed by atoms with Crippen molar-refractivity contribution >= 4 is 21.6 Å². The molecule has 2 aliphatic rings. The Balaban J connectivity index is 1.74. The molecule has 2 aliphatic heterocycles. The minimum absolute atomic E-state index is 0.0632. The Morgan fingerprint density at radius 2 is 2.00 bits per heavy atom. The number of hydrogen-bond acceptors (Lipinski definition) is 5. The van der Waals surface area contributed by atoms with Gasteiger partial charge in [-0.25, -0.2) is 8.42 Å². The molecule has 1 saturated heterocycles. The monoisotopic (exact) mass is 397 g/mol. The zero-order chi connectivity index (χ0) is 20.1. The Morgan fingerprint density at radius 3 is 2.71 bits per heavy atom. The summed E-state index contributed by atoms with van der Waals surface area (Å²) in [7, 11) is -0.551. The van der Waals surface area contributed by atoms with Crippen molar-refractivity contribution in [1.29, 1.82) is 5.26 Å². The smallest absolute Gasteiger partial charge is 0.243 e. The summed E-state index contributed by atoms with van der Waals surface area (Å²) in [5.74, 6) is 0.517. The number of benzene rings is 2. The standard InChI is InChI=1S/C20H19N3O4S/c1-22-18-7-6-15(27-2)11-17(18)20(19(22)24)8-9-23(13-20)28(25,26)16-5-3-4-14(10-16)12-21/h3-7,10-11H,8-9,13H2,1-2H3. The number of nitriles is 1. The summed E-state index contributed by atoms with van der Waals surface area (Å²) in [4.78, 5) is 14.8. The second kappa shape index (κ2) is 6.33. The van der Waals surface area contributed by atoms with E-state index in [9.17, 15) is 13.2 Å². The average Bonchev–Trinajstić information content (AvgIpc) is 3.26. The summed E-state index contributed by atoms with van der Waals surface area (Å²) in [6.07, 6.45) is 0.396. The van der Waals surface area contributed by atoms with Crippen LogP contribution in [-0.4, -0.2) is 45.9 Å². The van der Waals surface area contributed by atoms with Gasteiger partial charge in [-0.15, -0.1) is 0 Å². The van der Waals surface area contributed by atoms with Gasteiger partial charge in [0.25, 0.3) is 0 Å². The van der Waals surface area contributed by atoms with Gasteiger partial charge in [0.1, 0.15) is 5.75 Å². The molecule has 144 valence electrons. The fourth-order valence-electron chi connectivity index (χ4n) is 4.11. The van der Waals surface area contributed by atoms with E-state index in [1.54, 1.807) is 37.3 Å². The molecule has 4 rings (SSSR count). The fraction of sp³-hybridized carbons (Fsp3) is 0.300. The van der Waals surface area contributed by atoms with Crippen LogP contribution >= 0.6 is 0 Å². The zero-order valence-electron chi connectivity index (χ0n) is 15.5. The number of fused-ring (bicyclic) bond motifs is 2. The molecule has 2 heterocycles. The number of likely N-dealkylation sites (N-methyl/N-ethyl adjacent to an activating group) is 1. The summed E-state index contributed by atoms with van der Waals surface area (Å²) in [6, 6.07) is 13.3. The number of carbonyl (C=O) groups is 1. The molecule has 0 saturated carbocycles. The average molecular weight is 397 g/mol. The lowest BCUT2D eigenvalue weighted by molar-refractivity contribution is -0.122. The first-order chi connectivity index (χ1) is 13.3. The van der Waals surface area contributed by atoms with Crippen LogP contribution in [0.15, 0.2) is 47.4 Å². The molecule has 0 bridgehead atoms. The number of methoxy groups -OCH3 is 1. The van der Waals surface area contributed by atoms with E-state index < -0.39 is 15.4 Å². The molecule has 1 unspecified atom stereocenters. The summed E-state index contributed by atoms with van der Waals surface area (Å²) < 4.78 is 32.9. The molecule has 2 aromatic rings. The maximum absolute atomic E-state index is 13.1. The van der Waals surface area contributed by atoms with Crippen molar-refractivity contribution in [2.75, 3.05) is 32.1 Å². The summed E-state index contributed by atoms with van der Waals surface area (Å²) in [6.45, 7) is 0.296. The van der Waals surface area contributed by atoms with Gasteiger partial charge in [-0.05, 0) is 48.4 Å². The summed E-state index contributed by atoms with van der Waals surface area (Å²) in [5, 5.41) is 9.06. The lowest BCUT2D eigenvalue weighted by Crippen LogP contribution is -2.42. The first-order valence-electron chi connectivity index (χ1n) is 8.80. The van der Waals surface area contributed by atoms with E-state index in [2.05, 4.69) is 0 Å². The van der Waals surface area contributed by atoms with E-state index in [1.807, 2.05) is 18.2 Å². The third-order valence-corrected chi connectivity index (χ3v) is 7.47. The topological polar surface area (TPSA) is 90.7 Å². The van der Waals surface area contributed by atoms with Crippen molar-refractivity contribution in [2.45, 2.75) is 16.7 Å². The predicted octanol–water partition coefficient (Wildman–Crippen LogP) is 1.88. The van der Waals surface area contributed by atoms with Gasteiger partial charge in [-0.2, -0.15) is 9.57 Å². The van der Waals surface area contributed by atoms with Crippen LogP contribution in [0.4, 0.5) is 5.69 Å². The molecule has 0 aliphatic carbocycles. The number of anilines is 1. The van der Waals surface area contributed by atoms with Crippen LogP contribution in [0.1, 0.15) is 17.5 Å². The van der Waals surface area contributed by atoms with Gasteiger partial charge in [0.2, 0.25) is 15.9 Å². The van der Waals surface area contributed by atoms with Gasteiger partial charge in [-0.1, -0.05) is 6.07 Å². The first-order valence-corrected chi connectivity index (χ1v) is 10.2. The highest BCUT2D eigenvalue weighted by Crippen LogP contribution is 2.48. The van der Waals surface area contributed by atoms with Crippen molar-refractivity contribution in [3.63, 3.8) is 0 Å². The van der Waals surface area contributed by atoms with Crippen LogP contribution < -0.4 is 9.64 Å². The number of ether oxygens (including phenoxy) is 1. The third kappa shape index (κ3) is 2.51. The van der Waals surface area contributed by atoms with Crippen LogP contribution in [-0.2, 0) is 20.2 Å². The number of rotatable bonds is 3. The van der Waals surface area contributed by atoms with Crippen molar-refractivity contribution < 1.29 is 17.9 Å². The normalized spacial score (nSPS) is 21.8. The van der Waals surface area contributed by atoms with E-state index in [1.165, 1.54) is 16.4 Å². The van der Waals surface area contributed by atoms with Crippen LogP contribution in [0.5, 0.6) is 5.75 Å². The molecule has 1 spiro atoms. The van der Waals surface area contributed by atoms with Crippen molar-refractivity contribution in [3.8, 4) is 11.8 Å². The van der Waals surface area contributed by atoms with E-state index >= 15 is 0 Å². The minimum Gasteiger partial charge on any atom is -0.497 e. The summed E-state index contributed by atoms with van der Waals surface area (Å²) >= 11 is 0. The van der Waals surface area contributed by atoms with Crippen molar-refractivity contribution in [2.24, 2.45) is 0 Å². The van der Waals surface area contributed by atoms with Gasteiger partial charge >= 0.3 is 0 Å². The molecule has 1 amide bonds. The van der Waals surface area contributed by atoms with Crippen LogP contribution in [0, 0.1) is 11.3 Å². The second-order valence-electron chi connectivity index (χ2n) is 7.06. The largest absolute Gasteiger partial charge is 0.497 e. The molecule has 0 radical (unpaired) electrons. The maximum atomic E-state index is 13.1. The van der Waals surface area contributed by atoms with Crippen molar-refractivity contribution in [1.82, 2.24) is 4.31 Å². The predicted molar refractivity (Wildman–Crippen MR) is 103 cm³/mol. The highest BCUT2D eigenvalue weighted by Gasteiger charge is 2.55. The molecular weight excluding hydrogens is 378 g/mol. The lowest BCUT2D eigenvalue weighted by atomic mass is 9.81. The minimum atomic E-state index is -3.81. The number of amides is 1. The quantitative estimate of drug-likeness (QED) is 0.789. The Labute approximate surface area is 163 Å². The molecule has 7 nitrogen and oxygen atoms in total. The number of nitrogens with zero attached hydrogens (tertiary/aromatic N) is 3. The molecule has 1 atom stereocenters. The van der Waals surface area contributed by atoms with E-state index in [-0.39, 0.29) is 29.5 Å². The highest BCUT2D eigenvalue weighted by atomic mass is 32.2. The van der Waals surface area contributed by atoms with Gasteiger partial charge in [0.15, 0.2) is 0 Å². The lowest BCUT2D eigenvalue weighted by Gasteiger charge is -2.23. The molecule has 1 fully saturated rings. The molecule has 0 aromatic heterocycles. The van der Waals surface area contributed by atoms with Gasteiger partial charge in [0, 0.05) is 25.8 Å². The van der Waals surface area contributed by atoms with Crippen LogP contribution in [0.25, 0.3) is 0 Å². The summed E-state index contributed by atoms with van der Waals surface area (Å²) in [5.41, 5.74) is 0.930. The molecule has 28 heavy (non-hydrogen) atoms. The zero-order valence-corrected chi connectivity index (χ0v) is 16.4. The maximum Gasteiger partial charge on any atom is 0.243 e. The highest BCUT2D eigenvalue weighted by molar-refractivity contribution is 7.89. The van der Waals surface area contributed by atoms with E-state index in [0.717, 1.165) is 11.3 Å². The number of carbonyl (C=O) groups excluding carboxylic acids is 1. The molecule has 2 aromatic carbocycles. The van der Waals surface area contributed by atoms with Crippen molar-refractivity contribution in [3.05, 3.63) is 53.6 Å².